The second-order valence-electron chi connectivity index (χ2n) is 4.54. The quantitative estimate of drug-likeness (QED) is 0.779. The van der Waals surface area contributed by atoms with E-state index in [4.69, 9.17) is 23.2 Å². The summed E-state index contributed by atoms with van der Waals surface area (Å²) in [4.78, 5) is 12.7. The van der Waals surface area contributed by atoms with Gasteiger partial charge in [-0.2, -0.15) is 0 Å². The summed E-state index contributed by atoms with van der Waals surface area (Å²) in [6.45, 7) is 1.96. The minimum absolute atomic E-state index is 0.0268. The number of benzene rings is 2. The molecular formula is C16H15Cl2NOS. The highest BCUT2D eigenvalue weighted by molar-refractivity contribution is 8.00. The lowest BCUT2D eigenvalue weighted by Crippen LogP contribution is -2.28. The van der Waals surface area contributed by atoms with E-state index >= 15 is 0 Å². The largest absolute Gasteiger partial charge is 0.349 e. The van der Waals surface area contributed by atoms with Crippen LogP contribution in [0.1, 0.15) is 18.5 Å². The van der Waals surface area contributed by atoms with E-state index in [1.165, 1.54) is 11.8 Å². The van der Waals surface area contributed by atoms with Crippen molar-refractivity contribution in [3.8, 4) is 0 Å². The minimum atomic E-state index is -0.0488. The van der Waals surface area contributed by atoms with E-state index in [9.17, 15) is 4.79 Å². The smallest absolute Gasteiger partial charge is 0.230 e. The standard InChI is InChI=1S/C16H15Cl2NOS/c1-11(12-6-3-2-4-7-12)19-15(20)10-21-16-13(17)8-5-9-14(16)18/h2-9,11H,10H2,1H3,(H,19,20)/t11-/m0/s1. The van der Waals surface area contributed by atoms with E-state index < -0.39 is 0 Å². The molecule has 2 nitrogen and oxygen atoms in total. The second-order valence-corrected chi connectivity index (χ2v) is 6.34. The van der Waals surface area contributed by atoms with Crippen molar-refractivity contribution < 1.29 is 4.79 Å². The van der Waals surface area contributed by atoms with E-state index in [1.807, 2.05) is 37.3 Å². The number of rotatable bonds is 5. The number of hydrogen-bond donors (Lipinski definition) is 1. The van der Waals surface area contributed by atoms with E-state index in [2.05, 4.69) is 5.32 Å². The van der Waals surface area contributed by atoms with Crippen LogP contribution in [0.5, 0.6) is 0 Å². The first kappa shape index (κ1) is 16.2. The van der Waals surface area contributed by atoms with Gasteiger partial charge in [0.1, 0.15) is 0 Å². The van der Waals surface area contributed by atoms with Crippen molar-refractivity contribution in [3.63, 3.8) is 0 Å². The Morgan fingerprint density at radius 3 is 2.33 bits per heavy atom. The molecule has 0 fully saturated rings. The summed E-state index contributed by atoms with van der Waals surface area (Å²) in [6, 6.07) is 15.1. The number of hydrogen-bond acceptors (Lipinski definition) is 2. The SMILES string of the molecule is C[C@H](NC(=O)CSc1c(Cl)cccc1Cl)c1ccccc1. The molecule has 0 radical (unpaired) electrons. The fourth-order valence-electron chi connectivity index (χ4n) is 1.87. The van der Waals surface area contributed by atoms with E-state index in [0.717, 1.165) is 10.5 Å². The zero-order chi connectivity index (χ0) is 15.2. The van der Waals surface area contributed by atoms with Gasteiger partial charge in [-0.05, 0) is 24.6 Å². The maximum Gasteiger partial charge on any atom is 0.230 e. The van der Waals surface area contributed by atoms with Crippen LogP contribution in [0.15, 0.2) is 53.4 Å². The molecule has 0 aromatic heterocycles. The molecule has 1 amide bonds. The lowest BCUT2D eigenvalue weighted by Gasteiger charge is -2.14. The highest BCUT2D eigenvalue weighted by Crippen LogP contribution is 2.33. The van der Waals surface area contributed by atoms with Crippen LogP contribution in [0.3, 0.4) is 0 Å². The van der Waals surface area contributed by atoms with Gasteiger partial charge < -0.3 is 5.32 Å². The van der Waals surface area contributed by atoms with Gasteiger partial charge in [-0.15, -0.1) is 11.8 Å². The number of thioether (sulfide) groups is 1. The molecule has 1 atom stereocenters. The third-order valence-corrected chi connectivity index (χ3v) is 4.93. The fraction of sp³-hybridized carbons (Fsp3) is 0.188. The van der Waals surface area contributed by atoms with Crippen LogP contribution in [0, 0.1) is 0 Å². The molecule has 0 unspecified atom stereocenters. The highest BCUT2D eigenvalue weighted by atomic mass is 35.5. The third kappa shape index (κ3) is 4.67. The summed E-state index contributed by atoms with van der Waals surface area (Å²) in [6.07, 6.45) is 0. The summed E-state index contributed by atoms with van der Waals surface area (Å²) >= 11 is 13.5. The van der Waals surface area contributed by atoms with Gasteiger partial charge in [-0.1, -0.05) is 59.6 Å². The van der Waals surface area contributed by atoms with Gasteiger partial charge in [0.25, 0.3) is 0 Å². The van der Waals surface area contributed by atoms with E-state index in [-0.39, 0.29) is 17.7 Å². The van der Waals surface area contributed by atoms with Gasteiger partial charge in [-0.3, -0.25) is 4.79 Å². The molecule has 0 heterocycles. The number of carbonyl (C=O) groups is 1. The molecular weight excluding hydrogens is 325 g/mol. The Hall–Kier alpha value is -1.16. The van der Waals surface area contributed by atoms with Gasteiger partial charge in [0.15, 0.2) is 0 Å². The van der Waals surface area contributed by atoms with Crippen LogP contribution in [-0.2, 0) is 4.79 Å². The van der Waals surface area contributed by atoms with Gasteiger partial charge in [-0.25, -0.2) is 0 Å². The highest BCUT2D eigenvalue weighted by Gasteiger charge is 2.12. The van der Waals surface area contributed by atoms with Crippen molar-refractivity contribution in [2.75, 3.05) is 5.75 Å². The Labute approximate surface area is 138 Å². The van der Waals surface area contributed by atoms with Crippen molar-refractivity contribution in [3.05, 3.63) is 64.1 Å². The Morgan fingerprint density at radius 1 is 1.10 bits per heavy atom. The zero-order valence-corrected chi connectivity index (χ0v) is 13.8. The molecule has 2 rings (SSSR count). The Bertz CT molecular complexity index is 599. The molecule has 5 heteroatoms. The zero-order valence-electron chi connectivity index (χ0n) is 11.5. The lowest BCUT2D eigenvalue weighted by molar-refractivity contribution is -0.119. The first-order valence-corrected chi connectivity index (χ1v) is 8.23. The third-order valence-electron chi connectivity index (χ3n) is 2.94. The minimum Gasteiger partial charge on any atom is -0.349 e. The predicted molar refractivity (Wildman–Crippen MR) is 90.2 cm³/mol. The lowest BCUT2D eigenvalue weighted by atomic mass is 10.1. The van der Waals surface area contributed by atoms with Gasteiger partial charge in [0.2, 0.25) is 5.91 Å². The van der Waals surface area contributed by atoms with Crippen LogP contribution in [0.4, 0.5) is 0 Å². The molecule has 0 aliphatic carbocycles. The van der Waals surface area contributed by atoms with E-state index in [1.54, 1.807) is 18.2 Å². The molecule has 0 saturated carbocycles. The van der Waals surface area contributed by atoms with Crippen LogP contribution < -0.4 is 5.32 Å². The number of nitrogens with one attached hydrogen (secondary N) is 1. The number of carbonyl (C=O) groups excluding carboxylic acids is 1. The maximum absolute atomic E-state index is 12.0. The van der Waals surface area contributed by atoms with Crippen molar-refractivity contribution in [2.45, 2.75) is 17.9 Å². The summed E-state index contributed by atoms with van der Waals surface area (Å²) < 4.78 is 0. The average molecular weight is 340 g/mol. The van der Waals surface area contributed by atoms with Crippen LogP contribution in [0.25, 0.3) is 0 Å². The Morgan fingerprint density at radius 2 is 1.71 bits per heavy atom. The van der Waals surface area contributed by atoms with Gasteiger partial charge in [0, 0.05) is 4.90 Å². The second kappa shape index (κ2) is 7.74. The maximum atomic E-state index is 12.0. The number of halogens is 2. The first-order chi connectivity index (χ1) is 10.1. The van der Waals surface area contributed by atoms with Crippen LogP contribution in [-0.4, -0.2) is 11.7 Å². The molecule has 0 aliphatic rings. The normalized spacial score (nSPS) is 12.0. The summed E-state index contributed by atoms with van der Waals surface area (Å²) in [5.74, 6) is 0.230. The van der Waals surface area contributed by atoms with E-state index in [0.29, 0.717) is 10.0 Å². The summed E-state index contributed by atoms with van der Waals surface area (Å²) in [5.41, 5.74) is 1.08. The van der Waals surface area contributed by atoms with Crippen molar-refractivity contribution in [1.82, 2.24) is 5.32 Å². The predicted octanol–water partition coefficient (Wildman–Crippen LogP) is 4.96. The molecule has 0 aliphatic heterocycles. The first-order valence-electron chi connectivity index (χ1n) is 6.49. The summed E-state index contributed by atoms with van der Waals surface area (Å²) in [5, 5.41) is 4.09. The van der Waals surface area contributed by atoms with Crippen LogP contribution in [0.2, 0.25) is 10.0 Å². The monoisotopic (exact) mass is 339 g/mol. The van der Waals surface area contributed by atoms with Gasteiger partial charge >= 0.3 is 0 Å². The fourth-order valence-corrected chi connectivity index (χ4v) is 3.36. The molecule has 0 spiro atoms. The number of amides is 1. The van der Waals surface area contributed by atoms with Crippen molar-refractivity contribution >= 4 is 40.9 Å². The Kier molecular flexibility index (Phi) is 5.97. The molecule has 2 aromatic carbocycles. The molecule has 1 N–H and O–H groups in total. The molecule has 0 saturated heterocycles. The molecule has 0 bridgehead atoms. The van der Waals surface area contributed by atoms with Crippen molar-refractivity contribution in [2.24, 2.45) is 0 Å². The molecule has 110 valence electrons. The van der Waals surface area contributed by atoms with Gasteiger partial charge in [0.05, 0.1) is 21.8 Å². The van der Waals surface area contributed by atoms with Crippen LogP contribution >= 0.6 is 35.0 Å². The molecule has 21 heavy (non-hydrogen) atoms. The Balaban J connectivity index is 1.91. The average Bonchev–Trinajstić information content (AvgIpc) is 2.47. The topological polar surface area (TPSA) is 29.1 Å². The van der Waals surface area contributed by atoms with Crippen molar-refractivity contribution in [1.29, 1.82) is 0 Å². The molecule has 2 aromatic rings. The summed E-state index contributed by atoms with van der Waals surface area (Å²) in [7, 11) is 0.